The summed E-state index contributed by atoms with van der Waals surface area (Å²) in [5, 5.41) is 40.3. The topological polar surface area (TPSA) is 98.0 Å². The molecular weight excluding hydrogens is 428 g/mol. The van der Waals surface area contributed by atoms with Crippen LogP contribution in [-0.4, -0.2) is 45.2 Å². The van der Waals surface area contributed by atoms with Gasteiger partial charge in [-0.2, -0.15) is 0 Å². The summed E-state index contributed by atoms with van der Waals surface area (Å²) in [5.74, 6) is 0.898. The Hall–Kier alpha value is -0.650. The summed E-state index contributed by atoms with van der Waals surface area (Å²) in [6.45, 7) is 8.04. The van der Waals surface area contributed by atoms with Crippen LogP contribution in [-0.2, 0) is 4.79 Å². The van der Waals surface area contributed by atoms with E-state index in [-0.39, 0.29) is 24.2 Å². The summed E-state index contributed by atoms with van der Waals surface area (Å²) in [5.41, 5.74) is -0.643. The highest BCUT2D eigenvalue weighted by atomic mass is 16.4. The Morgan fingerprint density at radius 1 is 0.676 bits per heavy atom. The first kappa shape index (κ1) is 29.6. The second-order valence-corrected chi connectivity index (χ2v) is 13.1. The first-order valence-corrected chi connectivity index (χ1v) is 14.2. The van der Waals surface area contributed by atoms with E-state index < -0.39 is 11.4 Å². The Bertz CT molecular complexity index is 601. The molecule has 2 fully saturated rings. The molecule has 2 saturated carbocycles. The lowest BCUT2D eigenvalue weighted by Gasteiger charge is -2.23. The van der Waals surface area contributed by atoms with Crippen LogP contribution in [0.4, 0.5) is 0 Å². The first-order chi connectivity index (χ1) is 16.0. The Balaban J connectivity index is 1.59. The standard InChI is InChI=1S/C29H54O5/c1-28(2,20-30)18-7-5-10-21-14-16-23(25(21)31)12-9-13-24-17-15-22(26(24)32)11-6-8-19-29(3,4)27(33)34/h21-26,30-32H,5-20H2,1-4H3,(H,33,34). The van der Waals surface area contributed by atoms with Crippen LogP contribution in [0.15, 0.2) is 0 Å². The van der Waals surface area contributed by atoms with Crippen molar-refractivity contribution in [2.45, 2.75) is 136 Å². The highest BCUT2D eigenvalue weighted by Gasteiger charge is 2.36. The van der Waals surface area contributed by atoms with Gasteiger partial charge in [0.2, 0.25) is 0 Å². The van der Waals surface area contributed by atoms with Gasteiger partial charge >= 0.3 is 5.97 Å². The maximum absolute atomic E-state index is 11.2. The number of aliphatic carboxylic acids is 1. The van der Waals surface area contributed by atoms with Gasteiger partial charge in [0.25, 0.3) is 0 Å². The molecule has 34 heavy (non-hydrogen) atoms. The number of carboxylic acids is 1. The van der Waals surface area contributed by atoms with Crippen LogP contribution in [0.3, 0.4) is 0 Å². The van der Waals surface area contributed by atoms with Crippen molar-refractivity contribution >= 4 is 5.97 Å². The van der Waals surface area contributed by atoms with E-state index in [1.54, 1.807) is 13.8 Å². The summed E-state index contributed by atoms with van der Waals surface area (Å²) in [4.78, 5) is 11.2. The quantitative estimate of drug-likeness (QED) is 0.197. The summed E-state index contributed by atoms with van der Waals surface area (Å²) in [7, 11) is 0. The van der Waals surface area contributed by atoms with Crippen molar-refractivity contribution in [3.05, 3.63) is 0 Å². The van der Waals surface area contributed by atoms with E-state index in [0.717, 1.165) is 89.9 Å². The van der Waals surface area contributed by atoms with Crippen molar-refractivity contribution in [1.82, 2.24) is 0 Å². The first-order valence-electron chi connectivity index (χ1n) is 14.2. The maximum atomic E-state index is 11.2. The molecule has 6 atom stereocenters. The zero-order valence-corrected chi connectivity index (χ0v) is 22.5. The smallest absolute Gasteiger partial charge is 0.309 e. The molecule has 0 aromatic rings. The highest BCUT2D eigenvalue weighted by Crippen LogP contribution is 2.41. The number of aliphatic hydroxyl groups is 3. The summed E-state index contributed by atoms with van der Waals surface area (Å²) >= 11 is 0. The molecule has 0 radical (unpaired) electrons. The van der Waals surface area contributed by atoms with Crippen LogP contribution in [0, 0.1) is 34.5 Å². The molecule has 2 aliphatic carbocycles. The van der Waals surface area contributed by atoms with Crippen molar-refractivity contribution in [2.75, 3.05) is 6.61 Å². The maximum Gasteiger partial charge on any atom is 0.309 e. The van der Waals surface area contributed by atoms with Gasteiger partial charge in [0.1, 0.15) is 0 Å². The minimum atomic E-state index is -0.728. The van der Waals surface area contributed by atoms with Crippen molar-refractivity contribution in [3.63, 3.8) is 0 Å². The lowest BCUT2D eigenvalue weighted by atomic mass is 9.85. The van der Waals surface area contributed by atoms with Gasteiger partial charge in [-0.3, -0.25) is 4.79 Å². The third-order valence-corrected chi connectivity index (χ3v) is 9.21. The number of unbranched alkanes of at least 4 members (excludes halogenated alkanes) is 2. The molecule has 0 amide bonds. The molecule has 0 saturated heterocycles. The van der Waals surface area contributed by atoms with E-state index in [1.165, 1.54) is 0 Å². The van der Waals surface area contributed by atoms with Gasteiger partial charge in [-0.15, -0.1) is 0 Å². The fraction of sp³-hybridized carbons (Fsp3) is 0.966. The molecular formula is C29H54O5. The Labute approximate surface area is 208 Å². The van der Waals surface area contributed by atoms with Gasteiger partial charge in [-0.25, -0.2) is 0 Å². The Kier molecular flexibility index (Phi) is 11.8. The predicted molar refractivity (Wildman–Crippen MR) is 138 cm³/mol. The Morgan fingerprint density at radius 3 is 1.44 bits per heavy atom. The monoisotopic (exact) mass is 482 g/mol. The van der Waals surface area contributed by atoms with Crippen molar-refractivity contribution in [3.8, 4) is 0 Å². The fourth-order valence-electron chi connectivity index (χ4n) is 6.38. The number of hydrogen-bond donors (Lipinski definition) is 4. The average molecular weight is 483 g/mol. The lowest BCUT2D eigenvalue weighted by molar-refractivity contribution is -0.147. The van der Waals surface area contributed by atoms with Crippen LogP contribution >= 0.6 is 0 Å². The minimum Gasteiger partial charge on any atom is -0.481 e. The van der Waals surface area contributed by atoms with Crippen LogP contribution in [0.5, 0.6) is 0 Å². The van der Waals surface area contributed by atoms with Gasteiger partial charge < -0.3 is 20.4 Å². The third kappa shape index (κ3) is 9.09. The third-order valence-electron chi connectivity index (χ3n) is 9.21. The van der Waals surface area contributed by atoms with E-state index in [4.69, 9.17) is 0 Å². The number of carbonyl (C=O) groups is 1. The molecule has 200 valence electrons. The van der Waals surface area contributed by atoms with Crippen molar-refractivity contribution in [1.29, 1.82) is 0 Å². The molecule has 5 nitrogen and oxygen atoms in total. The van der Waals surface area contributed by atoms with Crippen LogP contribution in [0.25, 0.3) is 0 Å². The molecule has 5 heteroatoms. The molecule has 0 heterocycles. The summed E-state index contributed by atoms with van der Waals surface area (Å²) in [6, 6.07) is 0. The predicted octanol–water partition coefficient (Wildman–Crippen LogP) is 6.18. The molecule has 0 aliphatic heterocycles. The van der Waals surface area contributed by atoms with E-state index in [9.17, 15) is 25.2 Å². The van der Waals surface area contributed by atoms with E-state index in [1.807, 2.05) is 0 Å². The molecule has 0 aromatic carbocycles. The van der Waals surface area contributed by atoms with Crippen molar-refractivity contribution in [2.24, 2.45) is 34.5 Å². The van der Waals surface area contributed by atoms with Crippen LogP contribution in [0.1, 0.15) is 124 Å². The zero-order chi connectivity index (χ0) is 25.4. The molecule has 2 rings (SSSR count). The fourth-order valence-corrected chi connectivity index (χ4v) is 6.38. The normalized spacial score (nSPS) is 30.2. The Morgan fingerprint density at radius 2 is 1.06 bits per heavy atom. The molecule has 2 aliphatic rings. The number of rotatable bonds is 16. The summed E-state index contributed by atoms with van der Waals surface area (Å²) in [6.07, 6.45) is 15.4. The minimum absolute atomic E-state index is 0.0118. The summed E-state index contributed by atoms with van der Waals surface area (Å²) < 4.78 is 0. The molecule has 6 unspecified atom stereocenters. The largest absolute Gasteiger partial charge is 0.481 e. The second kappa shape index (κ2) is 13.6. The molecule has 0 aromatic heterocycles. The van der Waals surface area contributed by atoms with Gasteiger partial charge in [0.15, 0.2) is 0 Å². The SMILES string of the molecule is CC(C)(CO)CCCCC1CCC(CCCC2CCC(CCCCC(C)(C)C(=O)O)C2O)C1O. The number of hydrogen-bond acceptors (Lipinski definition) is 4. The zero-order valence-electron chi connectivity index (χ0n) is 22.5. The lowest BCUT2D eigenvalue weighted by Crippen LogP contribution is -2.24. The van der Waals surface area contributed by atoms with Gasteiger partial charge in [-0.1, -0.05) is 46.0 Å². The number of aliphatic hydroxyl groups excluding tert-OH is 3. The highest BCUT2D eigenvalue weighted by molar-refractivity contribution is 5.73. The van der Waals surface area contributed by atoms with E-state index >= 15 is 0 Å². The van der Waals surface area contributed by atoms with E-state index in [2.05, 4.69) is 13.8 Å². The van der Waals surface area contributed by atoms with Gasteiger partial charge in [0.05, 0.1) is 17.6 Å². The molecule has 4 N–H and O–H groups in total. The van der Waals surface area contributed by atoms with Gasteiger partial charge in [-0.05, 0) is 107 Å². The van der Waals surface area contributed by atoms with Crippen LogP contribution in [0.2, 0.25) is 0 Å². The van der Waals surface area contributed by atoms with Crippen molar-refractivity contribution < 1.29 is 25.2 Å². The van der Waals surface area contributed by atoms with E-state index in [0.29, 0.717) is 30.1 Å². The molecule has 0 bridgehead atoms. The number of carboxylic acid groups (broad SMARTS) is 1. The van der Waals surface area contributed by atoms with Crippen LogP contribution < -0.4 is 0 Å². The average Bonchev–Trinajstić information content (AvgIpc) is 3.31. The van der Waals surface area contributed by atoms with Gasteiger partial charge in [0, 0.05) is 6.61 Å². The second-order valence-electron chi connectivity index (χ2n) is 13.1. The molecule has 0 spiro atoms.